The maximum absolute atomic E-state index is 10.9. The lowest BCUT2D eigenvalue weighted by atomic mass is 10.1. The molecule has 0 radical (unpaired) electrons. The average Bonchev–Trinajstić information content (AvgIpc) is 3.17. The summed E-state index contributed by atoms with van der Waals surface area (Å²) in [6.07, 6.45) is 0.430. The van der Waals surface area contributed by atoms with Crippen molar-refractivity contribution in [2.45, 2.75) is 6.54 Å². The van der Waals surface area contributed by atoms with Gasteiger partial charge >= 0.3 is 6.09 Å². The van der Waals surface area contributed by atoms with Crippen molar-refractivity contribution in [2.75, 3.05) is 10.6 Å². The molecule has 2 aromatic heterocycles. The van der Waals surface area contributed by atoms with E-state index in [4.69, 9.17) is 21.1 Å². The van der Waals surface area contributed by atoms with Gasteiger partial charge in [0.15, 0.2) is 0 Å². The minimum atomic E-state index is -1.12. The summed E-state index contributed by atoms with van der Waals surface area (Å²) in [5, 5.41) is 14.6. The first kappa shape index (κ1) is 15.5. The number of amides is 1. The van der Waals surface area contributed by atoms with Crippen LogP contribution in [0.1, 0.15) is 4.88 Å². The van der Waals surface area contributed by atoms with Crippen LogP contribution in [0, 0.1) is 0 Å². The van der Waals surface area contributed by atoms with Crippen molar-refractivity contribution in [2.24, 2.45) is 0 Å². The predicted octanol–water partition coefficient (Wildman–Crippen LogP) is 5.36. The SMILES string of the molecule is O=C(O)Nc1ccc(NCc2ccc(Cl)s2)cc1-c1ccco1. The molecular weight excluding hydrogens is 336 g/mol. The number of rotatable bonds is 5. The number of carboxylic acid groups (broad SMARTS) is 1. The zero-order valence-electron chi connectivity index (χ0n) is 11.9. The van der Waals surface area contributed by atoms with Gasteiger partial charge < -0.3 is 14.8 Å². The quantitative estimate of drug-likeness (QED) is 0.580. The number of thiophene rings is 1. The van der Waals surface area contributed by atoms with Gasteiger partial charge in [0.2, 0.25) is 0 Å². The lowest BCUT2D eigenvalue weighted by Crippen LogP contribution is -2.08. The van der Waals surface area contributed by atoms with E-state index < -0.39 is 6.09 Å². The van der Waals surface area contributed by atoms with Crippen LogP contribution in [-0.2, 0) is 6.54 Å². The maximum Gasteiger partial charge on any atom is 0.409 e. The molecule has 0 saturated carbocycles. The number of nitrogens with one attached hydrogen (secondary N) is 2. The molecule has 0 atom stereocenters. The fourth-order valence-corrected chi connectivity index (χ4v) is 3.18. The van der Waals surface area contributed by atoms with Gasteiger partial charge in [-0.2, -0.15) is 0 Å². The molecule has 5 nitrogen and oxygen atoms in total. The van der Waals surface area contributed by atoms with E-state index in [1.807, 2.05) is 24.3 Å². The zero-order valence-corrected chi connectivity index (χ0v) is 13.4. The Balaban J connectivity index is 1.84. The minimum Gasteiger partial charge on any atom is -0.465 e. The molecule has 0 bridgehead atoms. The Bertz CT molecular complexity index is 815. The summed E-state index contributed by atoms with van der Waals surface area (Å²) in [4.78, 5) is 12.0. The number of furan rings is 1. The van der Waals surface area contributed by atoms with Gasteiger partial charge in [-0.15, -0.1) is 11.3 Å². The van der Waals surface area contributed by atoms with Crippen LogP contribution in [0.4, 0.5) is 16.2 Å². The molecule has 7 heteroatoms. The summed E-state index contributed by atoms with van der Waals surface area (Å²) < 4.78 is 6.14. The van der Waals surface area contributed by atoms with Crippen LogP contribution < -0.4 is 10.6 Å². The summed E-state index contributed by atoms with van der Waals surface area (Å²) in [7, 11) is 0. The number of hydrogen-bond donors (Lipinski definition) is 3. The average molecular weight is 349 g/mol. The summed E-state index contributed by atoms with van der Waals surface area (Å²) in [5.74, 6) is 0.594. The maximum atomic E-state index is 10.9. The second-order valence-corrected chi connectivity index (χ2v) is 6.53. The van der Waals surface area contributed by atoms with Gasteiger partial charge in [-0.05, 0) is 42.5 Å². The number of halogens is 1. The van der Waals surface area contributed by atoms with Crippen molar-refractivity contribution in [3.8, 4) is 11.3 Å². The molecule has 0 aliphatic carbocycles. The summed E-state index contributed by atoms with van der Waals surface area (Å²) in [5.41, 5.74) is 2.00. The van der Waals surface area contributed by atoms with E-state index in [1.165, 1.54) is 11.3 Å². The van der Waals surface area contributed by atoms with Crippen LogP contribution in [-0.4, -0.2) is 11.2 Å². The van der Waals surface area contributed by atoms with Crippen molar-refractivity contribution >= 4 is 40.4 Å². The van der Waals surface area contributed by atoms with E-state index in [2.05, 4.69) is 10.6 Å². The van der Waals surface area contributed by atoms with Crippen LogP contribution in [0.5, 0.6) is 0 Å². The number of hydrogen-bond acceptors (Lipinski definition) is 4. The van der Waals surface area contributed by atoms with E-state index in [-0.39, 0.29) is 0 Å². The Morgan fingerprint density at radius 2 is 2.13 bits per heavy atom. The van der Waals surface area contributed by atoms with Gasteiger partial charge in [0.1, 0.15) is 5.76 Å². The fourth-order valence-electron chi connectivity index (χ4n) is 2.15. The van der Waals surface area contributed by atoms with E-state index in [0.717, 1.165) is 14.9 Å². The van der Waals surface area contributed by atoms with Gasteiger partial charge in [-0.25, -0.2) is 4.79 Å². The van der Waals surface area contributed by atoms with Gasteiger partial charge in [0.25, 0.3) is 0 Å². The van der Waals surface area contributed by atoms with E-state index in [0.29, 0.717) is 23.6 Å². The Labute approximate surface area is 141 Å². The first-order chi connectivity index (χ1) is 11.1. The molecule has 3 aromatic rings. The normalized spacial score (nSPS) is 10.5. The standard InChI is InChI=1S/C16H13ClN2O3S/c17-15-6-4-11(23-15)9-18-10-3-5-13(19-16(20)21)12(8-10)14-2-1-7-22-14/h1-8,18-19H,9H2,(H,20,21). The second-order valence-electron chi connectivity index (χ2n) is 4.73. The molecule has 0 unspecified atom stereocenters. The molecule has 1 aromatic carbocycles. The third-order valence-electron chi connectivity index (χ3n) is 3.14. The molecule has 0 fully saturated rings. The Morgan fingerprint density at radius 1 is 1.26 bits per heavy atom. The number of anilines is 2. The lowest BCUT2D eigenvalue weighted by Gasteiger charge is -2.11. The van der Waals surface area contributed by atoms with E-state index in [9.17, 15) is 4.79 Å². The first-order valence-corrected chi connectivity index (χ1v) is 7.97. The molecule has 0 spiro atoms. The van der Waals surface area contributed by atoms with Crippen molar-refractivity contribution in [3.63, 3.8) is 0 Å². The van der Waals surface area contributed by atoms with Crippen molar-refractivity contribution in [1.82, 2.24) is 0 Å². The highest BCUT2D eigenvalue weighted by Crippen LogP contribution is 2.32. The minimum absolute atomic E-state index is 0.470. The molecule has 23 heavy (non-hydrogen) atoms. The lowest BCUT2D eigenvalue weighted by molar-refractivity contribution is 0.210. The Hall–Kier alpha value is -2.44. The van der Waals surface area contributed by atoms with E-state index >= 15 is 0 Å². The molecule has 3 N–H and O–H groups in total. The van der Waals surface area contributed by atoms with Gasteiger partial charge in [0, 0.05) is 22.7 Å². The van der Waals surface area contributed by atoms with E-state index in [1.54, 1.807) is 24.5 Å². The molecule has 3 rings (SSSR count). The summed E-state index contributed by atoms with van der Waals surface area (Å²) in [6, 6.07) is 12.7. The first-order valence-electron chi connectivity index (χ1n) is 6.78. The predicted molar refractivity (Wildman–Crippen MR) is 92.4 cm³/mol. The third kappa shape index (κ3) is 3.85. The molecule has 1 amide bonds. The van der Waals surface area contributed by atoms with Crippen LogP contribution in [0.25, 0.3) is 11.3 Å². The molecule has 0 saturated heterocycles. The van der Waals surface area contributed by atoms with Crippen molar-refractivity contribution < 1.29 is 14.3 Å². The zero-order chi connectivity index (χ0) is 16.2. The Morgan fingerprint density at radius 3 is 2.78 bits per heavy atom. The molecular formula is C16H13ClN2O3S. The van der Waals surface area contributed by atoms with Gasteiger partial charge in [0.05, 0.1) is 16.3 Å². The van der Waals surface area contributed by atoms with Crippen LogP contribution in [0.3, 0.4) is 0 Å². The summed E-state index contributed by atoms with van der Waals surface area (Å²) >= 11 is 7.43. The molecule has 0 aliphatic rings. The highest BCUT2D eigenvalue weighted by atomic mass is 35.5. The number of benzene rings is 1. The van der Waals surface area contributed by atoms with Gasteiger partial charge in [-0.3, -0.25) is 5.32 Å². The number of carbonyl (C=O) groups is 1. The molecule has 0 aliphatic heterocycles. The molecule has 2 heterocycles. The highest BCUT2D eigenvalue weighted by Gasteiger charge is 2.11. The van der Waals surface area contributed by atoms with Gasteiger partial charge in [-0.1, -0.05) is 11.6 Å². The smallest absolute Gasteiger partial charge is 0.409 e. The van der Waals surface area contributed by atoms with Crippen molar-refractivity contribution in [1.29, 1.82) is 0 Å². The summed E-state index contributed by atoms with van der Waals surface area (Å²) in [6.45, 7) is 0.640. The third-order valence-corrected chi connectivity index (χ3v) is 4.37. The Kier molecular flexibility index (Phi) is 4.55. The van der Waals surface area contributed by atoms with Crippen LogP contribution in [0.15, 0.2) is 53.1 Å². The topological polar surface area (TPSA) is 74.5 Å². The fraction of sp³-hybridized carbons (Fsp3) is 0.0625. The van der Waals surface area contributed by atoms with Crippen LogP contribution in [0.2, 0.25) is 4.34 Å². The largest absolute Gasteiger partial charge is 0.465 e. The van der Waals surface area contributed by atoms with Crippen LogP contribution >= 0.6 is 22.9 Å². The second kappa shape index (κ2) is 6.76. The molecule has 118 valence electrons. The monoisotopic (exact) mass is 348 g/mol. The highest BCUT2D eigenvalue weighted by molar-refractivity contribution is 7.16. The van der Waals surface area contributed by atoms with Crippen molar-refractivity contribution in [3.05, 3.63) is 57.9 Å².